The molecule has 1 saturated carbocycles. The van der Waals surface area contributed by atoms with E-state index >= 15 is 0 Å². The number of carbonyl (C=O) groups is 2. The zero-order valence-corrected chi connectivity index (χ0v) is 22.5. The molecule has 4 rings (SSSR count). The molecule has 0 bridgehead atoms. The second kappa shape index (κ2) is 13.0. The summed E-state index contributed by atoms with van der Waals surface area (Å²) < 4.78 is 5.83. The van der Waals surface area contributed by atoms with Gasteiger partial charge < -0.3 is 15.0 Å². The first-order chi connectivity index (χ1) is 17.9. The number of ether oxygens (including phenoxy) is 1. The number of nitrogens with one attached hydrogen (secondary N) is 1. The van der Waals surface area contributed by atoms with E-state index in [1.165, 1.54) is 0 Å². The molecule has 2 amide bonds. The molecule has 3 aromatic rings. The Hall–Kier alpha value is -3.02. The predicted octanol–water partition coefficient (Wildman–Crippen LogP) is 6.38. The Bertz CT molecular complexity index is 1200. The van der Waals surface area contributed by atoms with Gasteiger partial charge in [0.05, 0.1) is 10.0 Å². The average molecular weight is 540 g/mol. The number of hydrogen-bond acceptors (Lipinski definition) is 3. The van der Waals surface area contributed by atoms with E-state index in [-0.39, 0.29) is 31.0 Å². The van der Waals surface area contributed by atoms with E-state index in [1.807, 2.05) is 67.6 Å². The largest absolute Gasteiger partial charge is 0.484 e. The van der Waals surface area contributed by atoms with Crippen LogP contribution in [0.3, 0.4) is 0 Å². The molecule has 194 valence electrons. The summed E-state index contributed by atoms with van der Waals surface area (Å²) in [7, 11) is 0. The maximum atomic E-state index is 13.7. The van der Waals surface area contributed by atoms with E-state index in [0.29, 0.717) is 22.2 Å². The topological polar surface area (TPSA) is 58.6 Å². The minimum absolute atomic E-state index is 0.136. The van der Waals surface area contributed by atoms with Crippen molar-refractivity contribution in [3.8, 4) is 5.75 Å². The molecule has 0 aromatic heterocycles. The molecule has 37 heavy (non-hydrogen) atoms. The molecule has 5 nitrogen and oxygen atoms in total. The minimum atomic E-state index is -0.716. The van der Waals surface area contributed by atoms with E-state index in [4.69, 9.17) is 27.9 Å². The molecule has 0 saturated heterocycles. The van der Waals surface area contributed by atoms with Gasteiger partial charge in [-0.3, -0.25) is 9.59 Å². The summed E-state index contributed by atoms with van der Waals surface area (Å²) in [4.78, 5) is 29.0. The number of benzene rings is 3. The molecule has 0 unspecified atom stereocenters. The summed E-state index contributed by atoms with van der Waals surface area (Å²) in [5.74, 6) is 0.164. The Morgan fingerprint density at radius 3 is 2.32 bits per heavy atom. The molecule has 3 aromatic carbocycles. The Morgan fingerprint density at radius 2 is 1.65 bits per heavy atom. The van der Waals surface area contributed by atoms with Crippen LogP contribution in [0.25, 0.3) is 0 Å². The molecule has 7 heteroatoms. The lowest BCUT2D eigenvalue weighted by Crippen LogP contribution is -2.53. The van der Waals surface area contributed by atoms with Gasteiger partial charge >= 0.3 is 0 Å². The molecule has 1 aliphatic rings. The normalized spacial score (nSPS) is 14.2. The summed E-state index contributed by atoms with van der Waals surface area (Å²) in [5, 5.41) is 4.04. The molecule has 0 heterocycles. The fourth-order valence-electron chi connectivity index (χ4n) is 4.62. The second-order valence-electron chi connectivity index (χ2n) is 9.57. The van der Waals surface area contributed by atoms with Crippen LogP contribution < -0.4 is 10.1 Å². The van der Waals surface area contributed by atoms with Crippen molar-refractivity contribution < 1.29 is 14.3 Å². The van der Waals surface area contributed by atoms with Gasteiger partial charge in [-0.05, 0) is 55.2 Å². The third-order valence-corrected chi connectivity index (χ3v) is 7.43. The van der Waals surface area contributed by atoms with Crippen LogP contribution in [0.4, 0.5) is 0 Å². The van der Waals surface area contributed by atoms with E-state index in [1.54, 1.807) is 17.0 Å². The molecule has 1 fully saturated rings. The maximum absolute atomic E-state index is 13.7. The van der Waals surface area contributed by atoms with E-state index in [0.717, 1.165) is 42.4 Å². The molecule has 0 spiro atoms. The first-order valence-electron chi connectivity index (χ1n) is 12.7. The first-order valence-corrected chi connectivity index (χ1v) is 13.4. The number of aryl methyl sites for hydroxylation is 1. The third kappa shape index (κ3) is 7.73. The number of halogens is 2. The van der Waals surface area contributed by atoms with Crippen LogP contribution >= 0.6 is 23.2 Å². The predicted molar refractivity (Wildman–Crippen MR) is 148 cm³/mol. The SMILES string of the molecule is Cc1ccc(OCC(=O)N(Cc2ccc(Cl)c(Cl)c2)[C@@H](Cc2ccccc2)C(=O)NC2CCCC2)cc1. The van der Waals surface area contributed by atoms with Crippen molar-refractivity contribution in [2.75, 3.05) is 6.61 Å². The van der Waals surface area contributed by atoms with Crippen molar-refractivity contribution in [3.05, 3.63) is 99.5 Å². The Kier molecular flexibility index (Phi) is 9.48. The van der Waals surface area contributed by atoms with Crippen molar-refractivity contribution in [1.82, 2.24) is 10.2 Å². The van der Waals surface area contributed by atoms with Crippen LogP contribution in [0.5, 0.6) is 5.75 Å². The highest BCUT2D eigenvalue weighted by Crippen LogP contribution is 2.25. The number of nitrogens with zero attached hydrogens (tertiary/aromatic N) is 1. The van der Waals surface area contributed by atoms with Crippen molar-refractivity contribution in [3.63, 3.8) is 0 Å². The highest BCUT2D eigenvalue weighted by atomic mass is 35.5. The smallest absolute Gasteiger partial charge is 0.261 e. The zero-order valence-electron chi connectivity index (χ0n) is 21.0. The van der Waals surface area contributed by atoms with Gasteiger partial charge in [-0.1, -0.05) is 90.1 Å². The highest BCUT2D eigenvalue weighted by molar-refractivity contribution is 6.42. The second-order valence-corrected chi connectivity index (χ2v) is 10.4. The van der Waals surface area contributed by atoms with Gasteiger partial charge in [0.25, 0.3) is 5.91 Å². The van der Waals surface area contributed by atoms with Gasteiger partial charge in [0.1, 0.15) is 11.8 Å². The number of carbonyl (C=O) groups excluding carboxylic acids is 2. The monoisotopic (exact) mass is 538 g/mol. The average Bonchev–Trinajstić information content (AvgIpc) is 3.41. The Morgan fingerprint density at radius 1 is 0.946 bits per heavy atom. The molecular weight excluding hydrogens is 507 g/mol. The van der Waals surface area contributed by atoms with Gasteiger partial charge in [-0.2, -0.15) is 0 Å². The summed E-state index contributed by atoms with van der Waals surface area (Å²) >= 11 is 12.4. The third-order valence-electron chi connectivity index (χ3n) is 6.69. The van der Waals surface area contributed by atoms with Crippen LogP contribution in [-0.2, 0) is 22.6 Å². The lowest BCUT2D eigenvalue weighted by atomic mass is 10.0. The van der Waals surface area contributed by atoms with Crippen molar-refractivity contribution in [2.45, 2.75) is 57.7 Å². The van der Waals surface area contributed by atoms with Crippen LogP contribution in [0.15, 0.2) is 72.8 Å². The summed E-state index contributed by atoms with van der Waals surface area (Å²) in [6.45, 7) is 2.00. The maximum Gasteiger partial charge on any atom is 0.261 e. The van der Waals surface area contributed by atoms with Crippen molar-refractivity contribution in [2.24, 2.45) is 0 Å². The first kappa shape index (κ1) is 27.0. The number of amides is 2. The van der Waals surface area contributed by atoms with Gasteiger partial charge in [0.15, 0.2) is 6.61 Å². The minimum Gasteiger partial charge on any atom is -0.484 e. The molecule has 1 N–H and O–H groups in total. The number of rotatable bonds is 10. The van der Waals surface area contributed by atoms with E-state index in [9.17, 15) is 9.59 Å². The lowest BCUT2D eigenvalue weighted by molar-refractivity contribution is -0.143. The van der Waals surface area contributed by atoms with Crippen LogP contribution in [-0.4, -0.2) is 35.4 Å². The lowest BCUT2D eigenvalue weighted by Gasteiger charge is -2.32. The highest BCUT2D eigenvalue weighted by Gasteiger charge is 2.32. The van der Waals surface area contributed by atoms with Crippen LogP contribution in [0.1, 0.15) is 42.4 Å². The zero-order chi connectivity index (χ0) is 26.2. The van der Waals surface area contributed by atoms with Crippen LogP contribution in [0, 0.1) is 6.92 Å². The van der Waals surface area contributed by atoms with Gasteiger partial charge in [0, 0.05) is 19.0 Å². The number of hydrogen-bond donors (Lipinski definition) is 1. The Balaban J connectivity index is 1.62. The van der Waals surface area contributed by atoms with Gasteiger partial charge in [-0.15, -0.1) is 0 Å². The van der Waals surface area contributed by atoms with E-state index < -0.39 is 6.04 Å². The summed E-state index contributed by atoms with van der Waals surface area (Å²) in [6, 6.07) is 22.0. The van der Waals surface area contributed by atoms with Gasteiger partial charge in [-0.25, -0.2) is 0 Å². The van der Waals surface area contributed by atoms with Gasteiger partial charge in [0.2, 0.25) is 5.91 Å². The fourth-order valence-corrected chi connectivity index (χ4v) is 4.94. The van der Waals surface area contributed by atoms with Crippen molar-refractivity contribution in [1.29, 1.82) is 0 Å². The fraction of sp³-hybridized carbons (Fsp3) is 0.333. The van der Waals surface area contributed by atoms with E-state index in [2.05, 4.69) is 5.32 Å². The molecule has 1 aliphatic carbocycles. The van der Waals surface area contributed by atoms with Crippen LogP contribution in [0.2, 0.25) is 10.0 Å². The summed E-state index contributed by atoms with van der Waals surface area (Å²) in [5.41, 5.74) is 2.86. The Labute approximate surface area is 228 Å². The molecule has 1 atom stereocenters. The standard InChI is InChI=1S/C30H32Cl2N2O3/c1-21-11-14-25(15-12-21)37-20-29(35)34(19-23-13-16-26(31)27(32)17-23)28(18-22-7-3-2-4-8-22)30(36)33-24-9-5-6-10-24/h2-4,7-8,11-17,24,28H,5-6,9-10,18-20H2,1H3,(H,33,36)/t28-/m0/s1. The quantitative estimate of drug-likeness (QED) is 0.325. The molecule has 0 aliphatic heterocycles. The molecular formula is C30H32Cl2N2O3. The summed E-state index contributed by atoms with van der Waals surface area (Å²) in [6.07, 6.45) is 4.51. The molecule has 0 radical (unpaired) electrons. The van der Waals surface area contributed by atoms with Crippen molar-refractivity contribution >= 4 is 35.0 Å².